The molecule has 1 aromatic rings. The molecule has 0 heterocycles. The first kappa shape index (κ1) is 15.3. The number of aromatic carboxylic acids is 1. The third-order valence-corrected chi connectivity index (χ3v) is 4.40. The van der Waals surface area contributed by atoms with Crippen molar-refractivity contribution in [2.75, 3.05) is 18.1 Å². The van der Waals surface area contributed by atoms with Gasteiger partial charge in [0.25, 0.3) is 0 Å². The summed E-state index contributed by atoms with van der Waals surface area (Å²) in [5.74, 6) is -1.71. The summed E-state index contributed by atoms with van der Waals surface area (Å²) in [5, 5.41) is 12.3. The van der Waals surface area contributed by atoms with Crippen LogP contribution >= 0.6 is 27.7 Å². The Bertz CT molecular complexity index is 442. The van der Waals surface area contributed by atoms with Crippen LogP contribution in [0.4, 0.5) is 10.1 Å². The summed E-state index contributed by atoms with van der Waals surface area (Å²) in [4.78, 5) is 10.8. The maximum atomic E-state index is 13.9. The van der Waals surface area contributed by atoms with E-state index in [9.17, 15) is 9.18 Å². The van der Waals surface area contributed by atoms with Crippen LogP contribution in [0, 0.1) is 5.82 Å². The highest BCUT2D eigenvalue weighted by molar-refractivity contribution is 9.10. The van der Waals surface area contributed by atoms with Crippen LogP contribution in [0.25, 0.3) is 0 Å². The molecule has 18 heavy (non-hydrogen) atoms. The van der Waals surface area contributed by atoms with Crippen molar-refractivity contribution in [3.05, 3.63) is 28.0 Å². The molecule has 6 heteroatoms. The van der Waals surface area contributed by atoms with Crippen LogP contribution in [-0.4, -0.2) is 29.1 Å². The van der Waals surface area contributed by atoms with E-state index in [4.69, 9.17) is 5.11 Å². The Hall–Kier alpha value is -0.750. The molecule has 0 aromatic heterocycles. The quantitative estimate of drug-likeness (QED) is 0.829. The SMILES string of the molecule is CSC(C)CCNc1ccc(C(=O)O)c(Br)c1F. The predicted molar refractivity (Wildman–Crippen MR) is 77.1 cm³/mol. The molecule has 1 aromatic carbocycles. The largest absolute Gasteiger partial charge is 0.478 e. The number of carbonyl (C=O) groups is 1. The first-order valence-corrected chi connectivity index (χ1v) is 7.53. The van der Waals surface area contributed by atoms with Gasteiger partial charge in [-0.15, -0.1) is 0 Å². The van der Waals surface area contributed by atoms with E-state index in [-0.39, 0.29) is 10.0 Å². The lowest BCUT2D eigenvalue weighted by molar-refractivity contribution is 0.0695. The summed E-state index contributed by atoms with van der Waals surface area (Å²) in [5.41, 5.74) is 0.246. The van der Waals surface area contributed by atoms with Gasteiger partial charge in [0.15, 0.2) is 5.82 Å². The molecule has 100 valence electrons. The molecule has 0 saturated carbocycles. The first-order valence-electron chi connectivity index (χ1n) is 5.45. The molecular weight excluding hydrogens is 321 g/mol. The Kier molecular flexibility index (Phi) is 5.95. The zero-order valence-electron chi connectivity index (χ0n) is 10.2. The van der Waals surface area contributed by atoms with Gasteiger partial charge in [0.2, 0.25) is 0 Å². The third-order valence-electron chi connectivity index (χ3n) is 2.58. The van der Waals surface area contributed by atoms with Crippen molar-refractivity contribution in [2.45, 2.75) is 18.6 Å². The van der Waals surface area contributed by atoms with Gasteiger partial charge in [-0.25, -0.2) is 9.18 Å². The second kappa shape index (κ2) is 6.99. The Morgan fingerprint density at radius 2 is 2.28 bits per heavy atom. The van der Waals surface area contributed by atoms with Gasteiger partial charge in [-0.05, 0) is 40.7 Å². The Morgan fingerprint density at radius 1 is 1.61 bits per heavy atom. The minimum atomic E-state index is -1.15. The number of carboxylic acid groups (broad SMARTS) is 1. The van der Waals surface area contributed by atoms with Crippen molar-refractivity contribution >= 4 is 39.3 Å². The molecule has 0 radical (unpaired) electrons. The van der Waals surface area contributed by atoms with Crippen molar-refractivity contribution < 1.29 is 14.3 Å². The number of anilines is 1. The molecule has 0 aliphatic rings. The van der Waals surface area contributed by atoms with E-state index in [2.05, 4.69) is 28.2 Å². The standard InChI is InChI=1S/C12H15BrFNO2S/c1-7(18-2)5-6-15-9-4-3-8(12(16)17)10(13)11(9)14/h3-4,7,15H,5-6H2,1-2H3,(H,16,17). The lowest BCUT2D eigenvalue weighted by Crippen LogP contribution is -2.10. The average molecular weight is 336 g/mol. The summed E-state index contributed by atoms with van der Waals surface area (Å²) < 4.78 is 13.8. The van der Waals surface area contributed by atoms with Crippen LogP contribution in [0.5, 0.6) is 0 Å². The van der Waals surface area contributed by atoms with Crippen molar-refractivity contribution in [2.24, 2.45) is 0 Å². The van der Waals surface area contributed by atoms with E-state index in [0.29, 0.717) is 17.5 Å². The molecule has 2 N–H and O–H groups in total. The van der Waals surface area contributed by atoms with Gasteiger partial charge in [-0.1, -0.05) is 6.92 Å². The highest BCUT2D eigenvalue weighted by Crippen LogP contribution is 2.27. The normalized spacial score (nSPS) is 12.2. The van der Waals surface area contributed by atoms with Crippen LogP contribution in [-0.2, 0) is 0 Å². The van der Waals surface area contributed by atoms with Crippen LogP contribution in [0.15, 0.2) is 16.6 Å². The van der Waals surface area contributed by atoms with Gasteiger partial charge in [0.05, 0.1) is 15.7 Å². The zero-order valence-corrected chi connectivity index (χ0v) is 12.6. The molecular formula is C12H15BrFNO2S. The second-order valence-corrected chi connectivity index (χ2v) is 5.92. The maximum Gasteiger partial charge on any atom is 0.336 e. The molecule has 1 atom stereocenters. The van der Waals surface area contributed by atoms with E-state index in [1.807, 2.05) is 6.26 Å². The number of rotatable bonds is 6. The highest BCUT2D eigenvalue weighted by Gasteiger charge is 2.15. The smallest absolute Gasteiger partial charge is 0.336 e. The van der Waals surface area contributed by atoms with Gasteiger partial charge in [-0.3, -0.25) is 0 Å². The Morgan fingerprint density at radius 3 is 2.83 bits per heavy atom. The summed E-state index contributed by atoms with van der Waals surface area (Å²) in [6.45, 7) is 2.75. The number of hydrogen-bond donors (Lipinski definition) is 2. The van der Waals surface area contributed by atoms with Crippen molar-refractivity contribution in [1.29, 1.82) is 0 Å². The minimum Gasteiger partial charge on any atom is -0.478 e. The van der Waals surface area contributed by atoms with E-state index in [1.54, 1.807) is 11.8 Å². The number of halogens is 2. The fourth-order valence-electron chi connectivity index (χ4n) is 1.38. The average Bonchev–Trinajstić information content (AvgIpc) is 2.33. The van der Waals surface area contributed by atoms with E-state index < -0.39 is 11.8 Å². The molecule has 3 nitrogen and oxygen atoms in total. The van der Waals surface area contributed by atoms with E-state index in [0.717, 1.165) is 6.42 Å². The number of thioether (sulfide) groups is 1. The number of benzene rings is 1. The van der Waals surface area contributed by atoms with Gasteiger partial charge in [-0.2, -0.15) is 11.8 Å². The third kappa shape index (κ3) is 3.88. The van der Waals surface area contributed by atoms with Gasteiger partial charge in [0.1, 0.15) is 0 Å². The lowest BCUT2D eigenvalue weighted by Gasteiger charge is -2.12. The minimum absolute atomic E-state index is 0.0158. The molecule has 0 bridgehead atoms. The topological polar surface area (TPSA) is 49.3 Å². The van der Waals surface area contributed by atoms with Gasteiger partial charge >= 0.3 is 5.97 Å². The highest BCUT2D eigenvalue weighted by atomic mass is 79.9. The number of hydrogen-bond acceptors (Lipinski definition) is 3. The monoisotopic (exact) mass is 335 g/mol. The molecule has 0 amide bonds. The van der Waals surface area contributed by atoms with E-state index in [1.165, 1.54) is 12.1 Å². The van der Waals surface area contributed by atoms with Crippen LogP contribution in [0.1, 0.15) is 23.7 Å². The molecule has 1 rings (SSSR count). The first-order chi connectivity index (χ1) is 8.47. The van der Waals surface area contributed by atoms with Gasteiger partial charge < -0.3 is 10.4 Å². The van der Waals surface area contributed by atoms with Gasteiger partial charge in [0, 0.05) is 11.8 Å². The van der Waals surface area contributed by atoms with E-state index >= 15 is 0 Å². The molecule has 0 saturated heterocycles. The second-order valence-electron chi connectivity index (χ2n) is 3.86. The van der Waals surface area contributed by atoms with Crippen LogP contribution in [0.2, 0.25) is 0 Å². The van der Waals surface area contributed by atoms with Crippen LogP contribution in [0.3, 0.4) is 0 Å². The molecule has 0 fully saturated rings. The van der Waals surface area contributed by atoms with Crippen molar-refractivity contribution in [3.63, 3.8) is 0 Å². The summed E-state index contributed by atoms with van der Waals surface area (Å²) in [7, 11) is 0. The molecule has 0 aliphatic heterocycles. The lowest BCUT2D eigenvalue weighted by atomic mass is 10.2. The molecule has 1 unspecified atom stereocenters. The zero-order chi connectivity index (χ0) is 13.7. The fraction of sp³-hybridized carbons (Fsp3) is 0.417. The predicted octanol–water partition coefficient (Wildman–Crippen LogP) is 3.84. The van der Waals surface area contributed by atoms with Crippen molar-refractivity contribution in [3.8, 4) is 0 Å². The summed E-state index contributed by atoms with van der Waals surface area (Å²) in [6, 6.07) is 2.84. The number of nitrogens with one attached hydrogen (secondary N) is 1. The fourth-order valence-corrected chi connectivity index (χ4v) is 2.25. The number of carboxylic acids is 1. The molecule has 0 aliphatic carbocycles. The molecule has 0 spiro atoms. The summed E-state index contributed by atoms with van der Waals surface area (Å²) >= 11 is 4.72. The maximum absolute atomic E-state index is 13.9. The Balaban J connectivity index is 2.74. The Labute approximate surface area is 118 Å². The van der Waals surface area contributed by atoms with Crippen molar-refractivity contribution in [1.82, 2.24) is 0 Å². The summed E-state index contributed by atoms with van der Waals surface area (Å²) in [6.07, 6.45) is 2.95. The van der Waals surface area contributed by atoms with Crippen LogP contribution < -0.4 is 5.32 Å².